The lowest BCUT2D eigenvalue weighted by Gasteiger charge is -2.34. The molecule has 1 aromatic carbocycles. The van der Waals surface area contributed by atoms with E-state index in [1.807, 2.05) is 52.3 Å². The van der Waals surface area contributed by atoms with E-state index in [0.29, 0.717) is 19.5 Å². The number of pyridine rings is 1. The lowest BCUT2D eigenvalue weighted by atomic mass is 10.1. The van der Waals surface area contributed by atoms with Gasteiger partial charge in [-0.25, -0.2) is 9.97 Å². The largest absolute Gasteiger partial charge is 0.344 e. The molecule has 0 atom stereocenters. The highest BCUT2D eigenvalue weighted by molar-refractivity contribution is 7.21. The molecule has 2 aromatic heterocycles. The second-order valence-corrected chi connectivity index (χ2v) is 8.67. The number of fused-ring (bicyclic) bond motifs is 1. The summed E-state index contributed by atoms with van der Waals surface area (Å²) < 4.78 is 0. The van der Waals surface area contributed by atoms with Gasteiger partial charge >= 0.3 is 0 Å². The average Bonchev–Trinajstić information content (AvgIpc) is 3.44. The summed E-state index contributed by atoms with van der Waals surface area (Å²) in [6.07, 6.45) is 6.79. The second-order valence-electron chi connectivity index (χ2n) is 7.71. The van der Waals surface area contributed by atoms with Crippen molar-refractivity contribution < 1.29 is 9.59 Å². The molecule has 2 amide bonds. The van der Waals surface area contributed by atoms with Gasteiger partial charge in [0.15, 0.2) is 5.13 Å². The number of hydrogen-bond donors (Lipinski definition) is 0. The molecule has 2 fully saturated rings. The molecule has 31 heavy (non-hydrogen) atoms. The average molecular weight is 434 g/mol. The molecule has 0 N–H and O–H groups in total. The first kappa shape index (κ1) is 19.7. The molecule has 2 aliphatic heterocycles. The third-order valence-corrected chi connectivity index (χ3v) is 6.75. The molecule has 4 heterocycles. The molecule has 0 saturated carbocycles. The van der Waals surface area contributed by atoms with Gasteiger partial charge in [-0.05, 0) is 42.3 Å². The Morgan fingerprint density at radius 3 is 2.55 bits per heavy atom. The number of carbonyl (C=O) groups is 2. The summed E-state index contributed by atoms with van der Waals surface area (Å²) in [4.78, 5) is 40.4. The number of hydrogen-bond acceptors (Lipinski definition) is 6. The maximum absolute atomic E-state index is 12.6. The van der Waals surface area contributed by atoms with Crippen LogP contribution in [0.5, 0.6) is 0 Å². The van der Waals surface area contributed by atoms with E-state index in [4.69, 9.17) is 0 Å². The van der Waals surface area contributed by atoms with Gasteiger partial charge in [-0.2, -0.15) is 0 Å². The van der Waals surface area contributed by atoms with Gasteiger partial charge in [-0.1, -0.05) is 23.5 Å². The number of benzene rings is 1. The third-order valence-electron chi connectivity index (χ3n) is 5.71. The molecule has 0 radical (unpaired) electrons. The van der Waals surface area contributed by atoms with E-state index in [9.17, 15) is 9.59 Å². The molecular formula is C23H23N5O2S. The van der Waals surface area contributed by atoms with Crippen molar-refractivity contribution in [2.45, 2.75) is 12.8 Å². The van der Waals surface area contributed by atoms with Crippen LogP contribution >= 0.6 is 11.3 Å². The van der Waals surface area contributed by atoms with Crippen molar-refractivity contribution in [1.82, 2.24) is 14.9 Å². The summed E-state index contributed by atoms with van der Waals surface area (Å²) in [6.45, 7) is 3.65. The molecule has 7 nitrogen and oxygen atoms in total. The Bertz CT molecular complexity index is 1100. The highest BCUT2D eigenvalue weighted by Crippen LogP contribution is 2.27. The zero-order valence-corrected chi connectivity index (χ0v) is 17.9. The van der Waals surface area contributed by atoms with Crippen molar-refractivity contribution >= 4 is 50.4 Å². The van der Waals surface area contributed by atoms with Crippen LogP contribution in [0.2, 0.25) is 0 Å². The van der Waals surface area contributed by atoms with Crippen LogP contribution in [0.4, 0.5) is 10.8 Å². The van der Waals surface area contributed by atoms with E-state index in [0.717, 1.165) is 52.8 Å². The molecular weight excluding hydrogens is 410 g/mol. The van der Waals surface area contributed by atoms with Gasteiger partial charge in [0.05, 0.1) is 0 Å². The fourth-order valence-corrected chi connectivity index (χ4v) is 4.93. The number of thiazole rings is 1. The van der Waals surface area contributed by atoms with Gasteiger partial charge in [0.1, 0.15) is 10.3 Å². The molecule has 3 aromatic rings. The van der Waals surface area contributed by atoms with E-state index in [2.05, 4.69) is 14.9 Å². The molecule has 5 rings (SSSR count). The molecule has 0 bridgehead atoms. The number of anilines is 2. The topological polar surface area (TPSA) is 69.6 Å². The van der Waals surface area contributed by atoms with Crippen molar-refractivity contribution in [3.8, 4) is 0 Å². The number of rotatable bonds is 4. The first-order chi connectivity index (χ1) is 15.2. The van der Waals surface area contributed by atoms with Crippen LogP contribution in [0.15, 0.2) is 48.7 Å². The molecule has 158 valence electrons. The highest BCUT2D eigenvalue weighted by Gasteiger charge is 2.23. The Balaban J connectivity index is 1.17. The van der Waals surface area contributed by atoms with Crippen LogP contribution < -0.4 is 9.80 Å². The summed E-state index contributed by atoms with van der Waals surface area (Å²) in [5, 5.41) is 0.966. The maximum atomic E-state index is 12.6. The van der Waals surface area contributed by atoms with Crippen molar-refractivity contribution in [2.24, 2.45) is 0 Å². The van der Waals surface area contributed by atoms with Crippen LogP contribution in [-0.2, 0) is 9.59 Å². The number of piperazine rings is 1. The fourth-order valence-electron chi connectivity index (χ4n) is 3.97. The van der Waals surface area contributed by atoms with Crippen LogP contribution in [0, 0.1) is 0 Å². The Morgan fingerprint density at radius 1 is 1.03 bits per heavy atom. The minimum atomic E-state index is 0.0180. The molecule has 0 spiro atoms. The molecule has 8 heteroatoms. The van der Waals surface area contributed by atoms with Crippen LogP contribution in [0.25, 0.3) is 16.4 Å². The number of carbonyl (C=O) groups excluding carboxylic acids is 2. The van der Waals surface area contributed by atoms with E-state index < -0.39 is 0 Å². The minimum Gasteiger partial charge on any atom is -0.344 e. The highest BCUT2D eigenvalue weighted by atomic mass is 32.1. The second kappa shape index (κ2) is 8.47. The molecule has 0 aliphatic carbocycles. The predicted octanol–water partition coefficient (Wildman–Crippen LogP) is 3.18. The molecule has 2 aliphatic rings. The maximum Gasteiger partial charge on any atom is 0.246 e. The Kier molecular flexibility index (Phi) is 5.38. The van der Waals surface area contributed by atoms with E-state index in [-0.39, 0.29) is 11.8 Å². The van der Waals surface area contributed by atoms with Gasteiger partial charge in [0.25, 0.3) is 0 Å². The van der Waals surface area contributed by atoms with Crippen molar-refractivity contribution in [3.05, 3.63) is 54.2 Å². The summed E-state index contributed by atoms with van der Waals surface area (Å²) in [6, 6.07) is 11.7. The predicted molar refractivity (Wildman–Crippen MR) is 123 cm³/mol. The number of nitrogens with zero attached hydrogens (tertiary/aromatic N) is 5. The van der Waals surface area contributed by atoms with Crippen molar-refractivity contribution in [2.75, 3.05) is 42.5 Å². The lowest BCUT2D eigenvalue weighted by molar-refractivity contribution is -0.126. The van der Waals surface area contributed by atoms with Gasteiger partial charge in [-0.3, -0.25) is 9.59 Å². The zero-order valence-electron chi connectivity index (χ0n) is 17.1. The fraction of sp³-hybridized carbons (Fsp3) is 0.304. The first-order valence-corrected chi connectivity index (χ1v) is 11.3. The number of amides is 2. The Hall–Kier alpha value is -3.26. The van der Waals surface area contributed by atoms with Crippen LogP contribution in [0.1, 0.15) is 18.4 Å². The Labute approximate surface area is 184 Å². The molecule has 2 saturated heterocycles. The number of aromatic nitrogens is 2. The van der Waals surface area contributed by atoms with Crippen molar-refractivity contribution in [1.29, 1.82) is 0 Å². The lowest BCUT2D eigenvalue weighted by Crippen LogP contribution is -2.48. The summed E-state index contributed by atoms with van der Waals surface area (Å²) in [7, 11) is 0. The van der Waals surface area contributed by atoms with Gasteiger partial charge in [0.2, 0.25) is 11.8 Å². The van der Waals surface area contributed by atoms with Crippen molar-refractivity contribution in [3.63, 3.8) is 0 Å². The minimum absolute atomic E-state index is 0.0180. The van der Waals surface area contributed by atoms with Gasteiger partial charge < -0.3 is 14.7 Å². The van der Waals surface area contributed by atoms with Gasteiger partial charge in [0, 0.05) is 57.1 Å². The monoisotopic (exact) mass is 433 g/mol. The third kappa shape index (κ3) is 4.16. The van der Waals surface area contributed by atoms with Gasteiger partial charge in [-0.15, -0.1) is 0 Å². The Morgan fingerprint density at radius 2 is 1.84 bits per heavy atom. The first-order valence-electron chi connectivity index (χ1n) is 10.5. The standard InChI is InChI=1S/C23H23N5O2S/c29-20(10-7-17-5-8-18(9-6-17)28-12-2-4-21(28)30)26-13-15-27(16-14-26)23-25-19-3-1-11-24-22(19)31-23/h1,3,5-11H,2,4,12-16H2/b10-7+. The van der Waals surface area contributed by atoms with Crippen LogP contribution in [-0.4, -0.2) is 59.4 Å². The smallest absolute Gasteiger partial charge is 0.246 e. The normalized spacial score (nSPS) is 17.3. The van der Waals surface area contributed by atoms with E-state index in [1.54, 1.807) is 23.6 Å². The summed E-state index contributed by atoms with van der Waals surface area (Å²) in [5.41, 5.74) is 2.79. The zero-order chi connectivity index (χ0) is 21.2. The van der Waals surface area contributed by atoms with E-state index >= 15 is 0 Å². The van der Waals surface area contributed by atoms with Crippen LogP contribution in [0.3, 0.4) is 0 Å². The summed E-state index contributed by atoms with van der Waals surface area (Å²) >= 11 is 1.59. The quantitative estimate of drug-likeness (QED) is 0.591. The van der Waals surface area contributed by atoms with E-state index in [1.165, 1.54) is 0 Å². The molecule has 0 unspecified atom stereocenters. The SMILES string of the molecule is O=C(/C=C/c1ccc(N2CCCC2=O)cc1)N1CCN(c2nc3cccnc3s2)CC1. The summed E-state index contributed by atoms with van der Waals surface area (Å²) in [5.74, 6) is 0.198.